The van der Waals surface area contributed by atoms with E-state index in [1.165, 1.54) is 18.2 Å². The highest BCUT2D eigenvalue weighted by atomic mass is 19.1. The number of amides is 1. The molecule has 6 heteroatoms. The molecule has 0 saturated heterocycles. The Labute approximate surface area is 109 Å². The summed E-state index contributed by atoms with van der Waals surface area (Å²) in [6, 6.07) is 7.47. The first-order valence-corrected chi connectivity index (χ1v) is 5.61. The van der Waals surface area contributed by atoms with Crippen LogP contribution in [0.3, 0.4) is 0 Å². The lowest BCUT2D eigenvalue weighted by Crippen LogP contribution is -2.20. The van der Waals surface area contributed by atoms with Gasteiger partial charge in [-0.05, 0) is 31.2 Å². The largest absolute Gasteiger partial charge is 0.453 e. The number of carbonyl (C=O) groups excluding carboxylic acids is 1. The van der Waals surface area contributed by atoms with E-state index in [9.17, 15) is 9.18 Å². The predicted molar refractivity (Wildman–Crippen MR) is 67.3 cm³/mol. The lowest BCUT2D eigenvalue weighted by Gasteiger charge is -2.06. The third-order valence-corrected chi connectivity index (χ3v) is 2.21. The molecule has 1 aromatic carbocycles. The fourth-order valence-electron chi connectivity index (χ4n) is 1.39. The quantitative estimate of drug-likeness (QED) is 0.913. The molecule has 2 aromatic rings. The Bertz CT molecular complexity index is 590. The van der Waals surface area contributed by atoms with Crippen LogP contribution in [0.2, 0.25) is 0 Å². The number of ether oxygens (including phenoxy) is 1. The molecule has 0 atom stereocenters. The van der Waals surface area contributed by atoms with Gasteiger partial charge in [0.05, 0.1) is 0 Å². The minimum absolute atomic E-state index is 0.134. The third-order valence-electron chi connectivity index (χ3n) is 2.21. The van der Waals surface area contributed by atoms with E-state index in [2.05, 4.69) is 15.3 Å². The van der Waals surface area contributed by atoms with E-state index in [1.54, 1.807) is 25.3 Å². The van der Waals surface area contributed by atoms with Crippen molar-refractivity contribution in [3.8, 4) is 6.01 Å². The van der Waals surface area contributed by atoms with Crippen LogP contribution in [0.1, 0.15) is 5.69 Å². The first kappa shape index (κ1) is 12.9. The van der Waals surface area contributed by atoms with Crippen molar-refractivity contribution in [2.24, 2.45) is 0 Å². The Morgan fingerprint density at radius 2 is 2.26 bits per heavy atom. The molecular formula is C13H12FN3O2. The molecule has 2 rings (SSSR count). The van der Waals surface area contributed by atoms with Crippen LogP contribution < -0.4 is 10.1 Å². The van der Waals surface area contributed by atoms with Crippen LogP contribution in [0.5, 0.6) is 6.01 Å². The van der Waals surface area contributed by atoms with Gasteiger partial charge in [-0.25, -0.2) is 14.4 Å². The summed E-state index contributed by atoms with van der Waals surface area (Å²) >= 11 is 0. The second kappa shape index (κ2) is 5.90. The molecule has 19 heavy (non-hydrogen) atoms. The summed E-state index contributed by atoms with van der Waals surface area (Å²) in [5, 5.41) is 2.51. The van der Waals surface area contributed by atoms with E-state index in [4.69, 9.17) is 4.74 Å². The second-order valence-electron chi connectivity index (χ2n) is 3.83. The van der Waals surface area contributed by atoms with Gasteiger partial charge in [-0.15, -0.1) is 0 Å². The van der Waals surface area contributed by atoms with Crippen LogP contribution in [0.15, 0.2) is 36.5 Å². The van der Waals surface area contributed by atoms with E-state index in [-0.39, 0.29) is 12.6 Å². The molecule has 1 heterocycles. The highest BCUT2D eigenvalue weighted by Crippen LogP contribution is 2.09. The van der Waals surface area contributed by atoms with Gasteiger partial charge in [-0.1, -0.05) is 6.07 Å². The van der Waals surface area contributed by atoms with Crippen molar-refractivity contribution in [3.63, 3.8) is 0 Å². The zero-order valence-corrected chi connectivity index (χ0v) is 10.3. The second-order valence-corrected chi connectivity index (χ2v) is 3.83. The maximum atomic E-state index is 12.9. The number of aryl methyl sites for hydroxylation is 1. The minimum Gasteiger partial charge on any atom is -0.453 e. The van der Waals surface area contributed by atoms with Crippen LogP contribution in [-0.2, 0) is 4.79 Å². The number of nitrogens with zero attached hydrogens (tertiary/aromatic N) is 2. The number of anilines is 1. The Morgan fingerprint density at radius 1 is 1.42 bits per heavy atom. The number of hydrogen-bond acceptors (Lipinski definition) is 4. The normalized spacial score (nSPS) is 10.0. The molecule has 0 saturated carbocycles. The average molecular weight is 261 g/mol. The van der Waals surface area contributed by atoms with E-state index in [0.717, 1.165) is 5.69 Å². The summed E-state index contributed by atoms with van der Waals surface area (Å²) in [6.07, 6.45) is 1.54. The van der Waals surface area contributed by atoms with E-state index in [0.29, 0.717) is 5.69 Å². The fraction of sp³-hybridized carbons (Fsp3) is 0.154. The minimum atomic E-state index is -0.416. The van der Waals surface area contributed by atoms with Crippen molar-refractivity contribution in [1.29, 1.82) is 0 Å². The SMILES string of the molecule is Cc1ccnc(OCC(=O)Nc2cccc(F)c2)n1. The van der Waals surface area contributed by atoms with Gasteiger partial charge in [0, 0.05) is 17.6 Å². The summed E-state index contributed by atoms with van der Waals surface area (Å²) in [5.41, 5.74) is 1.12. The van der Waals surface area contributed by atoms with Crippen LogP contribution >= 0.6 is 0 Å². The number of carbonyl (C=O) groups is 1. The average Bonchev–Trinajstić information content (AvgIpc) is 2.36. The molecule has 0 aliphatic heterocycles. The van der Waals surface area contributed by atoms with Gasteiger partial charge >= 0.3 is 6.01 Å². The highest BCUT2D eigenvalue weighted by Gasteiger charge is 2.05. The van der Waals surface area contributed by atoms with Crippen molar-refractivity contribution in [2.75, 3.05) is 11.9 Å². The molecule has 1 amide bonds. The fourth-order valence-corrected chi connectivity index (χ4v) is 1.39. The van der Waals surface area contributed by atoms with Crippen molar-refractivity contribution in [2.45, 2.75) is 6.92 Å². The molecule has 0 unspecified atom stereocenters. The predicted octanol–water partition coefficient (Wildman–Crippen LogP) is 1.94. The van der Waals surface area contributed by atoms with Crippen LogP contribution in [0, 0.1) is 12.7 Å². The molecule has 0 spiro atoms. The highest BCUT2D eigenvalue weighted by molar-refractivity contribution is 5.91. The first-order valence-electron chi connectivity index (χ1n) is 5.61. The molecule has 0 bridgehead atoms. The maximum absolute atomic E-state index is 12.9. The maximum Gasteiger partial charge on any atom is 0.317 e. The molecule has 1 aromatic heterocycles. The number of rotatable bonds is 4. The van der Waals surface area contributed by atoms with Crippen molar-refractivity contribution in [3.05, 3.63) is 48.0 Å². The summed E-state index contributed by atoms with van der Waals surface area (Å²) in [6.45, 7) is 1.56. The Balaban J connectivity index is 1.88. The lowest BCUT2D eigenvalue weighted by atomic mass is 10.3. The van der Waals surface area contributed by atoms with Crippen molar-refractivity contribution < 1.29 is 13.9 Å². The zero-order chi connectivity index (χ0) is 13.7. The van der Waals surface area contributed by atoms with E-state index in [1.807, 2.05) is 0 Å². The Morgan fingerprint density at radius 3 is 3.00 bits per heavy atom. The molecular weight excluding hydrogens is 249 g/mol. The van der Waals surface area contributed by atoms with E-state index >= 15 is 0 Å². The third kappa shape index (κ3) is 4.02. The molecule has 0 aliphatic carbocycles. The van der Waals surface area contributed by atoms with Crippen molar-refractivity contribution in [1.82, 2.24) is 9.97 Å². The van der Waals surface area contributed by atoms with Gasteiger partial charge in [0.1, 0.15) is 5.82 Å². The Kier molecular flexibility index (Phi) is 4.02. The number of benzene rings is 1. The molecule has 0 aliphatic rings. The molecule has 98 valence electrons. The standard InChI is InChI=1S/C13H12FN3O2/c1-9-5-6-15-13(16-9)19-8-12(18)17-11-4-2-3-10(14)7-11/h2-7H,8H2,1H3,(H,17,18). The number of nitrogens with one attached hydrogen (secondary N) is 1. The summed E-state index contributed by atoms with van der Waals surface area (Å²) < 4.78 is 18.0. The number of halogens is 1. The van der Waals surface area contributed by atoms with Crippen LogP contribution in [0.4, 0.5) is 10.1 Å². The van der Waals surface area contributed by atoms with Gasteiger partial charge in [0.25, 0.3) is 5.91 Å². The molecule has 1 N–H and O–H groups in total. The summed E-state index contributed by atoms with van der Waals surface area (Å²) in [4.78, 5) is 19.4. The number of aromatic nitrogens is 2. The monoisotopic (exact) mass is 261 g/mol. The van der Waals surface area contributed by atoms with Gasteiger partial charge in [0.15, 0.2) is 6.61 Å². The Hall–Kier alpha value is -2.50. The summed E-state index contributed by atoms with van der Waals surface area (Å²) in [5.74, 6) is -0.823. The molecule has 0 fully saturated rings. The lowest BCUT2D eigenvalue weighted by molar-refractivity contribution is -0.118. The van der Waals surface area contributed by atoms with Crippen LogP contribution in [0.25, 0.3) is 0 Å². The smallest absolute Gasteiger partial charge is 0.317 e. The number of hydrogen-bond donors (Lipinski definition) is 1. The first-order chi connectivity index (χ1) is 9.13. The van der Waals surface area contributed by atoms with Gasteiger partial charge in [0.2, 0.25) is 0 Å². The van der Waals surface area contributed by atoms with Gasteiger partial charge in [-0.3, -0.25) is 4.79 Å². The summed E-state index contributed by atoms with van der Waals surface area (Å²) in [7, 11) is 0. The van der Waals surface area contributed by atoms with Gasteiger partial charge in [-0.2, -0.15) is 0 Å². The van der Waals surface area contributed by atoms with Crippen LogP contribution in [-0.4, -0.2) is 22.5 Å². The molecule has 0 radical (unpaired) electrons. The topological polar surface area (TPSA) is 64.1 Å². The van der Waals surface area contributed by atoms with Crippen molar-refractivity contribution >= 4 is 11.6 Å². The van der Waals surface area contributed by atoms with Gasteiger partial charge < -0.3 is 10.1 Å². The molecule has 5 nitrogen and oxygen atoms in total. The zero-order valence-electron chi connectivity index (χ0n) is 10.3. The van der Waals surface area contributed by atoms with E-state index < -0.39 is 11.7 Å².